The largest absolute Gasteiger partial charge is 0.336 e. The number of aromatic nitrogens is 2. The Morgan fingerprint density at radius 1 is 1.47 bits per heavy atom. The van der Waals surface area contributed by atoms with Crippen molar-refractivity contribution in [2.24, 2.45) is 0 Å². The van der Waals surface area contributed by atoms with Crippen molar-refractivity contribution in [1.82, 2.24) is 14.9 Å². The van der Waals surface area contributed by atoms with Gasteiger partial charge >= 0.3 is 0 Å². The van der Waals surface area contributed by atoms with Crippen LogP contribution in [0.1, 0.15) is 12.5 Å². The van der Waals surface area contributed by atoms with Gasteiger partial charge in [-0.15, -0.1) is 12.4 Å². The first-order valence-electron chi connectivity index (χ1n) is 5.78. The normalized spacial score (nSPS) is 11.9. The van der Waals surface area contributed by atoms with Gasteiger partial charge in [-0.25, -0.2) is 9.37 Å². The summed E-state index contributed by atoms with van der Waals surface area (Å²) in [6.45, 7) is 3.41. The monoisotopic (exact) mass is 347 g/mol. The number of imidazole rings is 1. The number of hydrogen-bond acceptors (Lipinski definition) is 2. The van der Waals surface area contributed by atoms with Crippen LogP contribution in [0, 0.1) is 5.82 Å². The predicted molar refractivity (Wildman–Crippen MR) is 79.9 cm³/mol. The van der Waals surface area contributed by atoms with Gasteiger partial charge in [0.1, 0.15) is 5.82 Å². The first kappa shape index (κ1) is 16.1. The van der Waals surface area contributed by atoms with Gasteiger partial charge in [0, 0.05) is 41.6 Å². The first-order chi connectivity index (χ1) is 8.65. The van der Waals surface area contributed by atoms with Crippen molar-refractivity contribution in [2.45, 2.75) is 26.1 Å². The second-order valence-corrected chi connectivity index (χ2v) is 5.19. The van der Waals surface area contributed by atoms with Crippen LogP contribution < -0.4 is 5.32 Å². The molecule has 6 heteroatoms. The number of halogens is 3. The smallest absolute Gasteiger partial charge is 0.128 e. The average molecular weight is 349 g/mol. The van der Waals surface area contributed by atoms with Gasteiger partial charge in [-0.05, 0) is 19.1 Å². The molecule has 1 unspecified atom stereocenters. The van der Waals surface area contributed by atoms with Gasteiger partial charge in [-0.1, -0.05) is 22.0 Å². The maximum atomic E-state index is 13.6. The summed E-state index contributed by atoms with van der Waals surface area (Å²) in [5, 5.41) is 3.29. The Bertz CT molecular complexity index is 505. The molecule has 0 saturated carbocycles. The zero-order chi connectivity index (χ0) is 13.0. The Balaban J connectivity index is 0.00000180. The molecule has 0 fully saturated rings. The Hall–Kier alpha value is -0.910. The second kappa shape index (κ2) is 7.62. The van der Waals surface area contributed by atoms with Crippen molar-refractivity contribution in [3.8, 4) is 0 Å². The molecular formula is C13H16BrClFN3. The van der Waals surface area contributed by atoms with Crippen LogP contribution in [0.5, 0.6) is 0 Å². The first-order valence-corrected chi connectivity index (χ1v) is 6.57. The van der Waals surface area contributed by atoms with Gasteiger partial charge in [-0.2, -0.15) is 0 Å². The summed E-state index contributed by atoms with van der Waals surface area (Å²) in [5.74, 6) is -0.188. The fourth-order valence-corrected chi connectivity index (χ4v) is 2.06. The van der Waals surface area contributed by atoms with Gasteiger partial charge in [0.2, 0.25) is 0 Å². The molecule has 19 heavy (non-hydrogen) atoms. The van der Waals surface area contributed by atoms with Gasteiger partial charge in [0.15, 0.2) is 0 Å². The quantitative estimate of drug-likeness (QED) is 0.897. The van der Waals surface area contributed by atoms with E-state index in [2.05, 4.69) is 33.2 Å². The molecule has 104 valence electrons. The van der Waals surface area contributed by atoms with Crippen LogP contribution in [-0.4, -0.2) is 15.6 Å². The zero-order valence-corrected chi connectivity index (χ0v) is 12.9. The van der Waals surface area contributed by atoms with E-state index in [0.29, 0.717) is 12.1 Å². The molecule has 2 rings (SSSR count). The number of nitrogens with one attached hydrogen (secondary N) is 1. The molecule has 1 aromatic carbocycles. The minimum Gasteiger partial charge on any atom is -0.336 e. The number of nitrogens with zero attached hydrogens (tertiary/aromatic N) is 2. The molecule has 0 aliphatic carbocycles. The maximum Gasteiger partial charge on any atom is 0.128 e. The van der Waals surface area contributed by atoms with Gasteiger partial charge in [-0.3, -0.25) is 0 Å². The molecule has 1 N–H and O–H groups in total. The number of rotatable bonds is 5. The van der Waals surface area contributed by atoms with Crippen molar-refractivity contribution in [2.75, 3.05) is 0 Å². The third-order valence-electron chi connectivity index (χ3n) is 2.70. The summed E-state index contributed by atoms with van der Waals surface area (Å²) in [4.78, 5) is 3.99. The fraction of sp³-hybridized carbons (Fsp3) is 0.308. The molecule has 2 aromatic rings. The van der Waals surface area contributed by atoms with E-state index in [1.807, 2.05) is 16.8 Å². The Labute approximate surface area is 126 Å². The molecular weight excluding hydrogens is 333 g/mol. The lowest BCUT2D eigenvalue weighted by Gasteiger charge is -2.14. The topological polar surface area (TPSA) is 29.9 Å². The van der Waals surface area contributed by atoms with E-state index in [1.165, 1.54) is 6.07 Å². The fourth-order valence-electron chi connectivity index (χ4n) is 1.72. The van der Waals surface area contributed by atoms with Crippen LogP contribution >= 0.6 is 28.3 Å². The van der Waals surface area contributed by atoms with Crippen molar-refractivity contribution in [3.05, 3.63) is 52.8 Å². The van der Waals surface area contributed by atoms with Crippen molar-refractivity contribution < 1.29 is 4.39 Å². The lowest BCUT2D eigenvalue weighted by atomic mass is 10.2. The highest BCUT2D eigenvalue weighted by molar-refractivity contribution is 9.10. The zero-order valence-electron chi connectivity index (χ0n) is 10.5. The van der Waals surface area contributed by atoms with Crippen LogP contribution in [0.2, 0.25) is 0 Å². The van der Waals surface area contributed by atoms with Crippen LogP contribution in [0.4, 0.5) is 4.39 Å². The molecule has 0 radical (unpaired) electrons. The molecule has 0 spiro atoms. The van der Waals surface area contributed by atoms with E-state index in [1.54, 1.807) is 18.6 Å². The summed E-state index contributed by atoms with van der Waals surface area (Å²) in [6.07, 6.45) is 5.44. The van der Waals surface area contributed by atoms with E-state index < -0.39 is 0 Å². The molecule has 0 aliphatic heterocycles. The lowest BCUT2D eigenvalue weighted by molar-refractivity contribution is 0.468. The number of benzene rings is 1. The van der Waals surface area contributed by atoms with Crippen molar-refractivity contribution in [3.63, 3.8) is 0 Å². The molecule has 1 heterocycles. The Morgan fingerprint density at radius 2 is 2.26 bits per heavy atom. The summed E-state index contributed by atoms with van der Waals surface area (Å²) >= 11 is 3.25. The van der Waals surface area contributed by atoms with Crippen LogP contribution in [0.3, 0.4) is 0 Å². The Morgan fingerprint density at radius 3 is 2.89 bits per heavy atom. The minimum absolute atomic E-state index is 0. The second-order valence-electron chi connectivity index (χ2n) is 4.28. The summed E-state index contributed by atoms with van der Waals surface area (Å²) in [6, 6.07) is 5.37. The SMILES string of the molecule is CC(Cn1ccnc1)NCc1ccc(Br)cc1F.Cl. The molecule has 0 bridgehead atoms. The van der Waals surface area contributed by atoms with Crippen LogP contribution in [0.25, 0.3) is 0 Å². The highest BCUT2D eigenvalue weighted by atomic mass is 79.9. The van der Waals surface area contributed by atoms with Gasteiger partial charge in [0.25, 0.3) is 0 Å². The highest BCUT2D eigenvalue weighted by Gasteiger charge is 2.06. The van der Waals surface area contributed by atoms with Gasteiger partial charge < -0.3 is 9.88 Å². The Kier molecular flexibility index (Phi) is 6.48. The van der Waals surface area contributed by atoms with Crippen LogP contribution in [-0.2, 0) is 13.1 Å². The standard InChI is InChI=1S/C13H15BrFN3.ClH/c1-10(8-18-5-4-16-9-18)17-7-11-2-3-12(14)6-13(11)15;/h2-6,9-10,17H,7-8H2,1H3;1H. The third-order valence-corrected chi connectivity index (χ3v) is 3.19. The minimum atomic E-state index is -0.188. The summed E-state index contributed by atoms with van der Waals surface area (Å²) in [5.41, 5.74) is 0.677. The van der Waals surface area contributed by atoms with E-state index in [9.17, 15) is 4.39 Å². The van der Waals surface area contributed by atoms with Gasteiger partial charge in [0.05, 0.1) is 6.33 Å². The molecule has 1 atom stereocenters. The summed E-state index contributed by atoms with van der Waals surface area (Å²) in [7, 11) is 0. The molecule has 0 aliphatic rings. The molecule has 3 nitrogen and oxygen atoms in total. The third kappa shape index (κ3) is 4.93. The van der Waals surface area contributed by atoms with Crippen molar-refractivity contribution >= 4 is 28.3 Å². The van der Waals surface area contributed by atoms with Crippen LogP contribution in [0.15, 0.2) is 41.4 Å². The van der Waals surface area contributed by atoms with E-state index in [4.69, 9.17) is 0 Å². The molecule has 0 saturated heterocycles. The molecule has 0 amide bonds. The molecule has 1 aromatic heterocycles. The van der Waals surface area contributed by atoms with E-state index >= 15 is 0 Å². The summed E-state index contributed by atoms with van der Waals surface area (Å²) < 4.78 is 16.3. The maximum absolute atomic E-state index is 13.6. The van der Waals surface area contributed by atoms with E-state index in [-0.39, 0.29) is 24.3 Å². The highest BCUT2D eigenvalue weighted by Crippen LogP contribution is 2.15. The average Bonchev–Trinajstić information content (AvgIpc) is 2.80. The van der Waals surface area contributed by atoms with Crippen molar-refractivity contribution in [1.29, 1.82) is 0 Å². The lowest BCUT2D eigenvalue weighted by Crippen LogP contribution is -2.29. The van der Waals surface area contributed by atoms with E-state index in [0.717, 1.165) is 11.0 Å². The number of hydrogen-bond donors (Lipinski definition) is 1. The predicted octanol–water partition coefficient (Wildman–Crippen LogP) is 3.38.